The van der Waals surface area contributed by atoms with E-state index in [1.165, 1.54) is 23.9 Å². The fraction of sp³-hybridized carbons (Fsp3) is 0.400. The Balaban J connectivity index is 1.94. The molecule has 0 radical (unpaired) electrons. The lowest BCUT2D eigenvalue weighted by atomic mass is 10.0. The molecule has 1 aliphatic heterocycles. The fourth-order valence-electron chi connectivity index (χ4n) is 2.65. The van der Waals surface area contributed by atoms with Crippen LogP contribution in [-0.2, 0) is 0 Å². The van der Waals surface area contributed by atoms with E-state index in [1.54, 1.807) is 13.3 Å². The smallest absolute Gasteiger partial charge is 0.221 e. The Morgan fingerprint density at radius 2 is 2.05 bits per heavy atom. The zero-order valence-corrected chi connectivity index (χ0v) is 11.1. The van der Waals surface area contributed by atoms with Gasteiger partial charge in [0.2, 0.25) is 5.88 Å². The number of aromatic nitrogens is 1. The van der Waals surface area contributed by atoms with Gasteiger partial charge in [-0.2, -0.15) is 0 Å². The molecule has 1 fully saturated rings. The molecule has 0 atom stereocenters. The number of benzene rings is 1. The molecule has 0 unspecified atom stereocenters. The van der Waals surface area contributed by atoms with E-state index in [0.717, 1.165) is 18.5 Å². The van der Waals surface area contributed by atoms with Crippen LogP contribution in [0.2, 0.25) is 0 Å². The lowest BCUT2D eigenvalue weighted by Gasteiger charge is -2.25. The highest BCUT2D eigenvalue weighted by molar-refractivity contribution is 5.96. The summed E-state index contributed by atoms with van der Waals surface area (Å²) in [5, 5.41) is 9.27. The summed E-state index contributed by atoms with van der Waals surface area (Å²) < 4.78 is 5.32. The summed E-state index contributed by atoms with van der Waals surface area (Å²) in [6.07, 6.45) is 4.13. The van der Waals surface area contributed by atoms with Crippen molar-refractivity contribution in [3.63, 3.8) is 0 Å². The Bertz CT molecular complexity index is 564. The Morgan fingerprint density at radius 1 is 1.21 bits per heavy atom. The number of hydrogen-bond acceptors (Lipinski definition) is 4. The summed E-state index contributed by atoms with van der Waals surface area (Å²) in [5.74, 6) is 0.687. The van der Waals surface area contributed by atoms with Crippen LogP contribution >= 0.6 is 0 Å². The molecule has 100 valence electrons. The number of nitrogens with zero attached hydrogens (tertiary/aromatic N) is 1. The number of fused-ring (bicyclic) bond motifs is 1. The van der Waals surface area contributed by atoms with Crippen molar-refractivity contribution in [1.29, 1.82) is 0 Å². The van der Waals surface area contributed by atoms with Gasteiger partial charge in [-0.1, -0.05) is 6.07 Å². The molecule has 19 heavy (non-hydrogen) atoms. The van der Waals surface area contributed by atoms with Crippen LogP contribution in [0, 0.1) is 0 Å². The number of rotatable bonds is 3. The average molecular weight is 257 g/mol. The summed E-state index contributed by atoms with van der Waals surface area (Å²) in [5.41, 5.74) is 1.17. The van der Waals surface area contributed by atoms with Gasteiger partial charge in [0.15, 0.2) is 0 Å². The minimum Gasteiger partial charge on any atom is -0.481 e. The molecule has 0 saturated carbocycles. The number of ether oxygens (including phenoxy) is 1. The van der Waals surface area contributed by atoms with Gasteiger partial charge in [-0.3, -0.25) is 0 Å². The first-order valence-electron chi connectivity index (χ1n) is 6.77. The highest BCUT2D eigenvalue weighted by Gasteiger charge is 2.14. The average Bonchev–Trinajstić information content (AvgIpc) is 2.48. The Kier molecular flexibility index (Phi) is 3.51. The number of nitrogens with one attached hydrogen (secondary N) is 2. The maximum absolute atomic E-state index is 5.32. The SMILES string of the molecule is COc1nccc2c(NC3CCNCC3)cccc12. The molecule has 0 bridgehead atoms. The van der Waals surface area contributed by atoms with Crippen molar-refractivity contribution in [2.45, 2.75) is 18.9 Å². The summed E-state index contributed by atoms with van der Waals surface area (Å²) in [4.78, 5) is 4.25. The minimum atomic E-state index is 0.547. The Labute approximate surface area is 113 Å². The molecule has 2 heterocycles. The molecule has 1 aromatic carbocycles. The standard InChI is InChI=1S/C15H19N3O/c1-19-15-13-3-2-4-14(12(13)7-10-17-15)18-11-5-8-16-9-6-11/h2-4,7,10-11,16,18H,5-6,8-9H2,1H3. The second-order valence-electron chi connectivity index (χ2n) is 4.89. The van der Waals surface area contributed by atoms with Gasteiger partial charge in [0.05, 0.1) is 7.11 Å². The lowest BCUT2D eigenvalue weighted by molar-refractivity contribution is 0.403. The highest BCUT2D eigenvalue weighted by atomic mass is 16.5. The van der Waals surface area contributed by atoms with Crippen molar-refractivity contribution in [2.24, 2.45) is 0 Å². The van der Waals surface area contributed by atoms with Gasteiger partial charge in [0.25, 0.3) is 0 Å². The molecule has 3 rings (SSSR count). The summed E-state index contributed by atoms with van der Waals surface area (Å²) in [6, 6.07) is 8.82. The maximum atomic E-state index is 5.32. The Hall–Kier alpha value is -1.81. The van der Waals surface area contributed by atoms with Gasteiger partial charge in [0, 0.05) is 28.7 Å². The van der Waals surface area contributed by atoms with E-state index in [1.807, 2.05) is 6.07 Å². The molecule has 1 aliphatic rings. The topological polar surface area (TPSA) is 46.2 Å². The van der Waals surface area contributed by atoms with Crippen LogP contribution in [0.1, 0.15) is 12.8 Å². The van der Waals surface area contributed by atoms with E-state index in [4.69, 9.17) is 4.74 Å². The van der Waals surface area contributed by atoms with E-state index in [-0.39, 0.29) is 0 Å². The predicted octanol–water partition coefficient (Wildman–Crippen LogP) is 2.41. The van der Waals surface area contributed by atoms with Crippen LogP contribution in [0.3, 0.4) is 0 Å². The molecule has 1 aromatic heterocycles. The van der Waals surface area contributed by atoms with Gasteiger partial charge in [-0.15, -0.1) is 0 Å². The number of methoxy groups -OCH3 is 1. The molecule has 0 aliphatic carbocycles. The summed E-state index contributed by atoms with van der Waals surface area (Å²) >= 11 is 0. The predicted molar refractivity (Wildman–Crippen MR) is 77.8 cm³/mol. The first-order valence-corrected chi connectivity index (χ1v) is 6.77. The molecule has 1 saturated heterocycles. The first-order chi connectivity index (χ1) is 9.38. The van der Waals surface area contributed by atoms with Crippen molar-refractivity contribution in [2.75, 3.05) is 25.5 Å². The lowest BCUT2D eigenvalue weighted by Crippen LogP contribution is -2.35. The zero-order chi connectivity index (χ0) is 13.1. The largest absolute Gasteiger partial charge is 0.481 e. The number of hydrogen-bond donors (Lipinski definition) is 2. The normalized spacial score (nSPS) is 16.5. The summed E-state index contributed by atoms with van der Waals surface area (Å²) in [7, 11) is 1.66. The third-order valence-electron chi connectivity index (χ3n) is 3.66. The van der Waals surface area contributed by atoms with Crippen LogP contribution < -0.4 is 15.4 Å². The fourth-order valence-corrected chi connectivity index (χ4v) is 2.65. The molecule has 2 aromatic rings. The van der Waals surface area contributed by atoms with Crippen molar-refractivity contribution in [1.82, 2.24) is 10.3 Å². The van der Waals surface area contributed by atoms with Crippen LogP contribution in [-0.4, -0.2) is 31.2 Å². The van der Waals surface area contributed by atoms with Crippen molar-refractivity contribution >= 4 is 16.5 Å². The van der Waals surface area contributed by atoms with E-state index < -0.39 is 0 Å². The minimum absolute atomic E-state index is 0.547. The van der Waals surface area contributed by atoms with Gasteiger partial charge in [-0.05, 0) is 44.1 Å². The number of pyridine rings is 1. The second-order valence-corrected chi connectivity index (χ2v) is 4.89. The molecule has 4 heteroatoms. The van der Waals surface area contributed by atoms with E-state index in [0.29, 0.717) is 11.9 Å². The van der Waals surface area contributed by atoms with Gasteiger partial charge in [0.1, 0.15) is 0 Å². The van der Waals surface area contributed by atoms with Crippen molar-refractivity contribution < 1.29 is 4.74 Å². The van der Waals surface area contributed by atoms with Crippen LogP contribution in [0.15, 0.2) is 30.5 Å². The molecule has 4 nitrogen and oxygen atoms in total. The van der Waals surface area contributed by atoms with Gasteiger partial charge >= 0.3 is 0 Å². The van der Waals surface area contributed by atoms with Gasteiger partial charge in [-0.25, -0.2) is 4.98 Å². The third-order valence-corrected chi connectivity index (χ3v) is 3.66. The molecule has 0 amide bonds. The first kappa shape index (κ1) is 12.2. The number of piperidine rings is 1. The molecule has 0 spiro atoms. The van der Waals surface area contributed by atoms with Crippen LogP contribution in [0.4, 0.5) is 5.69 Å². The van der Waals surface area contributed by atoms with Crippen LogP contribution in [0.25, 0.3) is 10.8 Å². The number of anilines is 1. The van der Waals surface area contributed by atoms with E-state index in [2.05, 4.69) is 33.8 Å². The van der Waals surface area contributed by atoms with Gasteiger partial charge < -0.3 is 15.4 Å². The summed E-state index contributed by atoms with van der Waals surface area (Å²) in [6.45, 7) is 2.18. The highest BCUT2D eigenvalue weighted by Crippen LogP contribution is 2.29. The third kappa shape index (κ3) is 2.49. The quantitative estimate of drug-likeness (QED) is 0.886. The Morgan fingerprint density at radius 3 is 2.84 bits per heavy atom. The molecular weight excluding hydrogens is 238 g/mol. The molecular formula is C15H19N3O. The second kappa shape index (κ2) is 5.45. The van der Waals surface area contributed by atoms with Crippen molar-refractivity contribution in [3.8, 4) is 5.88 Å². The van der Waals surface area contributed by atoms with Crippen molar-refractivity contribution in [3.05, 3.63) is 30.5 Å². The van der Waals surface area contributed by atoms with E-state index >= 15 is 0 Å². The maximum Gasteiger partial charge on any atom is 0.221 e. The van der Waals surface area contributed by atoms with Crippen LogP contribution in [0.5, 0.6) is 5.88 Å². The molecule has 2 N–H and O–H groups in total. The van der Waals surface area contributed by atoms with E-state index in [9.17, 15) is 0 Å². The zero-order valence-electron chi connectivity index (χ0n) is 11.1. The monoisotopic (exact) mass is 257 g/mol.